The van der Waals surface area contributed by atoms with Crippen LogP contribution in [-0.2, 0) is 24.4 Å². The number of pyridine rings is 1. The highest BCUT2D eigenvalue weighted by molar-refractivity contribution is 6.01. The number of ketones is 1. The second-order valence-corrected chi connectivity index (χ2v) is 12.5. The number of hydrogen-bond acceptors (Lipinski definition) is 4. The van der Waals surface area contributed by atoms with Gasteiger partial charge in [0.2, 0.25) is 0 Å². The maximum absolute atomic E-state index is 13.8. The Hall–Kier alpha value is -4.59. The Morgan fingerprint density at radius 1 is 0.977 bits per heavy atom. The molecule has 0 saturated heterocycles. The summed E-state index contributed by atoms with van der Waals surface area (Å²) >= 11 is 0. The summed E-state index contributed by atoms with van der Waals surface area (Å²) in [6.07, 6.45) is 12.1. The van der Waals surface area contributed by atoms with E-state index >= 15 is 0 Å². The predicted octanol–water partition coefficient (Wildman–Crippen LogP) is 7.34. The molecule has 0 radical (unpaired) electrons. The maximum atomic E-state index is 13.8. The van der Waals surface area contributed by atoms with Gasteiger partial charge in [0.05, 0.1) is 34.2 Å². The number of nitrogens with one attached hydrogen (secondary N) is 1. The van der Waals surface area contributed by atoms with E-state index in [2.05, 4.69) is 20.9 Å². The van der Waals surface area contributed by atoms with Crippen molar-refractivity contribution < 1.29 is 14.0 Å². The third-order valence-electron chi connectivity index (χ3n) is 9.43. The molecule has 3 aromatic heterocycles. The van der Waals surface area contributed by atoms with Gasteiger partial charge in [-0.2, -0.15) is 0 Å². The Kier molecular flexibility index (Phi) is 6.95. The van der Waals surface area contributed by atoms with Crippen molar-refractivity contribution in [3.05, 3.63) is 89.1 Å². The van der Waals surface area contributed by atoms with Gasteiger partial charge in [-0.1, -0.05) is 37.5 Å². The number of amides is 1. The summed E-state index contributed by atoms with van der Waals surface area (Å²) in [5.41, 5.74) is 6.76. The fourth-order valence-electron chi connectivity index (χ4n) is 7.01. The van der Waals surface area contributed by atoms with E-state index in [9.17, 15) is 14.0 Å². The number of carbonyl (C=O) groups excluding carboxylic acids is 2. The smallest absolute Gasteiger partial charge is 0.252 e. The summed E-state index contributed by atoms with van der Waals surface area (Å²) in [7, 11) is 3.99. The number of carbonyl (C=O) groups is 2. The molecule has 7 rings (SSSR count). The molecule has 2 saturated carbocycles. The molecular weight excluding hydrogens is 553 g/mol. The van der Waals surface area contributed by atoms with E-state index in [4.69, 9.17) is 4.98 Å². The van der Waals surface area contributed by atoms with Crippen molar-refractivity contribution >= 4 is 39.7 Å². The average Bonchev–Trinajstić information content (AvgIpc) is 3.64. The molecule has 2 fully saturated rings. The summed E-state index contributed by atoms with van der Waals surface area (Å²) in [5, 5.41) is 4.45. The maximum Gasteiger partial charge on any atom is 0.252 e. The highest BCUT2D eigenvalue weighted by Crippen LogP contribution is 2.46. The van der Waals surface area contributed by atoms with E-state index in [-0.39, 0.29) is 17.5 Å². The topological polar surface area (TPSA) is 81.8 Å². The molecule has 0 atom stereocenters. The van der Waals surface area contributed by atoms with Crippen molar-refractivity contribution in [2.75, 3.05) is 0 Å². The molecule has 0 unspecified atom stereocenters. The summed E-state index contributed by atoms with van der Waals surface area (Å²) in [6, 6.07) is 15.1. The van der Waals surface area contributed by atoms with Gasteiger partial charge in [-0.3, -0.25) is 14.6 Å². The normalized spacial score (nSPS) is 16.6. The Bertz CT molecular complexity index is 1960. The van der Waals surface area contributed by atoms with Gasteiger partial charge >= 0.3 is 0 Å². The second kappa shape index (κ2) is 10.8. The SMILES string of the molecule is CC(=O)/C=C/c1ccc2nc(C3(NC(=O)c4ccc5c(C6CCCCC6)c(-c6ccc(F)cn6)n(C)c5c4)CC3)n(C)c2c1. The molecule has 7 nitrogen and oxygen atoms in total. The number of halogens is 1. The molecule has 2 aromatic carbocycles. The fraction of sp³-hybridized carbons (Fsp3) is 0.333. The number of fused-ring (bicyclic) bond motifs is 2. The molecule has 3 heterocycles. The minimum Gasteiger partial charge on any atom is -0.342 e. The predicted molar refractivity (Wildman–Crippen MR) is 171 cm³/mol. The lowest BCUT2D eigenvalue weighted by Gasteiger charge is -2.23. The Morgan fingerprint density at radius 3 is 2.48 bits per heavy atom. The standard InChI is InChI=1S/C36H36FN5O2/c1-22(43)9-10-23-11-15-28-31(19-23)42(3)35(39-28)36(17-18-36)40-34(44)25-12-14-27-30(20-25)41(2)33(29-16-13-26(37)21-38-29)32(27)24-7-5-4-6-8-24/h9-16,19-21,24H,4-8,17-18H2,1-3H3,(H,40,44)/b10-9+. The zero-order valence-corrected chi connectivity index (χ0v) is 25.4. The number of allylic oxidation sites excluding steroid dienone is 1. The van der Waals surface area contributed by atoms with E-state index in [1.807, 2.05) is 49.0 Å². The van der Waals surface area contributed by atoms with Crippen LogP contribution in [-0.4, -0.2) is 30.8 Å². The highest BCUT2D eigenvalue weighted by atomic mass is 19.1. The Labute approximate surface area is 255 Å². The first-order valence-electron chi connectivity index (χ1n) is 15.5. The minimum atomic E-state index is -0.528. The van der Waals surface area contributed by atoms with Crippen molar-refractivity contribution in [1.29, 1.82) is 0 Å². The molecule has 1 N–H and O–H groups in total. The van der Waals surface area contributed by atoms with Crippen molar-refractivity contribution in [3.8, 4) is 11.4 Å². The molecule has 44 heavy (non-hydrogen) atoms. The zero-order chi connectivity index (χ0) is 30.6. The first-order valence-corrected chi connectivity index (χ1v) is 15.5. The quantitative estimate of drug-likeness (QED) is 0.202. The van der Waals surface area contributed by atoms with Crippen molar-refractivity contribution in [3.63, 3.8) is 0 Å². The molecule has 2 aliphatic rings. The lowest BCUT2D eigenvalue weighted by Crippen LogP contribution is -2.36. The van der Waals surface area contributed by atoms with Gasteiger partial charge in [0.15, 0.2) is 5.78 Å². The van der Waals surface area contributed by atoms with Gasteiger partial charge in [-0.25, -0.2) is 9.37 Å². The lowest BCUT2D eigenvalue weighted by molar-refractivity contribution is -0.112. The van der Waals surface area contributed by atoms with Crippen LogP contribution in [0.3, 0.4) is 0 Å². The van der Waals surface area contributed by atoms with Gasteiger partial charge in [-0.15, -0.1) is 0 Å². The molecule has 0 bridgehead atoms. The van der Waals surface area contributed by atoms with Crippen LogP contribution in [0.2, 0.25) is 0 Å². The van der Waals surface area contributed by atoms with Gasteiger partial charge in [0.25, 0.3) is 5.91 Å². The number of rotatable bonds is 7. The van der Waals surface area contributed by atoms with E-state index < -0.39 is 5.54 Å². The summed E-state index contributed by atoms with van der Waals surface area (Å²) in [6.45, 7) is 1.53. The number of nitrogens with zero attached hydrogens (tertiary/aromatic N) is 4. The average molecular weight is 590 g/mol. The lowest BCUT2D eigenvalue weighted by atomic mass is 9.82. The van der Waals surface area contributed by atoms with Crippen LogP contribution < -0.4 is 5.32 Å². The number of aromatic nitrogens is 4. The molecular formula is C36H36FN5O2. The largest absolute Gasteiger partial charge is 0.342 e. The first-order chi connectivity index (χ1) is 21.2. The van der Waals surface area contributed by atoms with Crippen LogP contribution in [0.5, 0.6) is 0 Å². The molecule has 2 aliphatic carbocycles. The van der Waals surface area contributed by atoms with Crippen LogP contribution in [0.25, 0.3) is 39.4 Å². The van der Waals surface area contributed by atoms with Crippen molar-refractivity contribution in [2.24, 2.45) is 14.1 Å². The van der Waals surface area contributed by atoms with Crippen molar-refractivity contribution in [2.45, 2.75) is 63.3 Å². The van der Waals surface area contributed by atoms with Gasteiger partial charge in [0.1, 0.15) is 11.6 Å². The molecule has 1 amide bonds. The van der Waals surface area contributed by atoms with Crippen LogP contribution in [0.15, 0.2) is 60.8 Å². The van der Waals surface area contributed by atoms with Crippen LogP contribution in [0, 0.1) is 5.82 Å². The zero-order valence-electron chi connectivity index (χ0n) is 25.4. The Morgan fingerprint density at radius 2 is 1.77 bits per heavy atom. The summed E-state index contributed by atoms with van der Waals surface area (Å²) in [4.78, 5) is 34.6. The van der Waals surface area contributed by atoms with Gasteiger partial charge in [0, 0.05) is 30.6 Å². The molecule has 224 valence electrons. The third-order valence-corrected chi connectivity index (χ3v) is 9.43. The molecule has 8 heteroatoms. The highest BCUT2D eigenvalue weighted by Gasteiger charge is 2.49. The van der Waals surface area contributed by atoms with E-state index in [0.29, 0.717) is 11.5 Å². The van der Waals surface area contributed by atoms with Crippen molar-refractivity contribution in [1.82, 2.24) is 24.4 Å². The molecule has 5 aromatic rings. The van der Waals surface area contributed by atoms with Crippen LogP contribution in [0.4, 0.5) is 4.39 Å². The monoisotopic (exact) mass is 589 g/mol. The number of aryl methyl sites for hydroxylation is 2. The molecule has 0 aliphatic heterocycles. The number of benzene rings is 2. The van der Waals surface area contributed by atoms with Crippen LogP contribution >= 0.6 is 0 Å². The first kappa shape index (κ1) is 28.2. The third kappa shape index (κ3) is 4.92. The summed E-state index contributed by atoms with van der Waals surface area (Å²) in [5.74, 6) is 0.740. The molecule has 0 spiro atoms. The minimum absolute atomic E-state index is 0.00229. The number of imidazole rings is 1. The van der Waals surface area contributed by atoms with E-state index in [1.54, 1.807) is 18.2 Å². The van der Waals surface area contributed by atoms with Crippen LogP contribution in [0.1, 0.15) is 85.1 Å². The number of hydrogen-bond donors (Lipinski definition) is 1. The second-order valence-electron chi connectivity index (χ2n) is 12.5. The Balaban J connectivity index is 1.23. The van der Waals surface area contributed by atoms with E-state index in [0.717, 1.165) is 70.4 Å². The van der Waals surface area contributed by atoms with Gasteiger partial charge < -0.3 is 14.5 Å². The van der Waals surface area contributed by atoms with Gasteiger partial charge in [-0.05, 0) is 92.1 Å². The summed E-state index contributed by atoms with van der Waals surface area (Å²) < 4.78 is 18.0. The van der Waals surface area contributed by atoms with E-state index in [1.165, 1.54) is 44.0 Å². The fourth-order valence-corrected chi connectivity index (χ4v) is 7.01.